The van der Waals surface area contributed by atoms with Gasteiger partial charge in [0.15, 0.2) is 5.11 Å². The van der Waals surface area contributed by atoms with Crippen LogP contribution in [0.4, 0.5) is 10.5 Å². The Morgan fingerprint density at radius 2 is 2.00 bits per heavy atom. The molecule has 0 radical (unpaired) electrons. The molecule has 1 fully saturated rings. The zero-order chi connectivity index (χ0) is 21.1. The van der Waals surface area contributed by atoms with Crippen LogP contribution in [0.25, 0.3) is 0 Å². The molecule has 2 rings (SSSR count). The summed E-state index contributed by atoms with van der Waals surface area (Å²) in [4.78, 5) is 16.6. The highest BCUT2D eigenvalue weighted by Crippen LogP contribution is 2.24. The van der Waals surface area contributed by atoms with E-state index < -0.39 is 5.60 Å². The Balaban J connectivity index is 2.06. The number of piperazine rings is 1. The highest BCUT2D eigenvalue weighted by Gasteiger charge is 2.31. The minimum Gasteiger partial charge on any atom is -0.444 e. The second-order valence-electron chi connectivity index (χ2n) is 8.45. The molecule has 0 unspecified atom stereocenters. The zero-order valence-corrected chi connectivity index (χ0v) is 18.6. The van der Waals surface area contributed by atoms with Gasteiger partial charge >= 0.3 is 6.09 Å². The van der Waals surface area contributed by atoms with Gasteiger partial charge in [-0.05, 0) is 76.5 Å². The van der Waals surface area contributed by atoms with Gasteiger partial charge in [0.05, 0.1) is 0 Å². The van der Waals surface area contributed by atoms with E-state index in [4.69, 9.17) is 22.8 Å². The Hall–Kier alpha value is -1.90. The molecule has 4 N–H and O–H groups in total. The maximum atomic E-state index is 12.4. The Morgan fingerprint density at radius 1 is 1.32 bits per heavy atom. The Kier molecular flexibility index (Phi) is 7.25. The van der Waals surface area contributed by atoms with Crippen molar-refractivity contribution >= 4 is 29.1 Å². The van der Waals surface area contributed by atoms with Crippen molar-refractivity contribution < 1.29 is 9.53 Å². The van der Waals surface area contributed by atoms with Crippen LogP contribution in [0.15, 0.2) is 12.1 Å². The lowest BCUT2D eigenvalue weighted by atomic mass is 10.0. The molecule has 1 aromatic rings. The molecule has 0 bridgehead atoms. The molecule has 0 spiro atoms. The van der Waals surface area contributed by atoms with Gasteiger partial charge in [-0.25, -0.2) is 10.6 Å². The second kappa shape index (κ2) is 9.07. The molecule has 1 amide bonds. The van der Waals surface area contributed by atoms with E-state index >= 15 is 0 Å². The number of aryl methyl sites for hydroxylation is 1. The standard InChI is InChI=1S/C20H33N5O2S/c1-13-9-16(15(3)17(10-13)22-18(28)23-21)12-24-7-8-25(14(2)11-24)19(26)27-20(4,5)6/h9-10,14H,7-8,11-12,21H2,1-6H3,(H2,22,23,28)/t14-/m0/s1. The van der Waals surface area contributed by atoms with E-state index in [0.29, 0.717) is 11.7 Å². The van der Waals surface area contributed by atoms with Crippen LogP contribution in [0.1, 0.15) is 44.4 Å². The number of nitrogens with two attached hydrogens (primary N) is 1. The lowest BCUT2D eigenvalue weighted by molar-refractivity contribution is 0.000541. The monoisotopic (exact) mass is 407 g/mol. The number of thiocarbonyl (C=S) groups is 1. The van der Waals surface area contributed by atoms with Crippen molar-refractivity contribution in [1.29, 1.82) is 0 Å². The Bertz CT molecular complexity index is 732. The van der Waals surface area contributed by atoms with Crippen LogP contribution < -0.4 is 16.6 Å². The van der Waals surface area contributed by atoms with Gasteiger partial charge in [0.25, 0.3) is 0 Å². The maximum absolute atomic E-state index is 12.4. The lowest BCUT2D eigenvalue weighted by Crippen LogP contribution is -2.54. The third kappa shape index (κ3) is 6.05. The minimum absolute atomic E-state index is 0.0975. The van der Waals surface area contributed by atoms with Crippen LogP contribution >= 0.6 is 12.2 Å². The number of anilines is 1. The van der Waals surface area contributed by atoms with Gasteiger partial charge in [0, 0.05) is 37.9 Å². The van der Waals surface area contributed by atoms with E-state index in [-0.39, 0.29) is 12.1 Å². The predicted octanol–water partition coefficient (Wildman–Crippen LogP) is 2.90. The maximum Gasteiger partial charge on any atom is 0.410 e. The summed E-state index contributed by atoms with van der Waals surface area (Å²) in [6, 6.07) is 4.36. The number of nitrogens with zero attached hydrogens (tertiary/aromatic N) is 2. The van der Waals surface area contributed by atoms with Crippen LogP contribution in [-0.4, -0.2) is 52.3 Å². The van der Waals surface area contributed by atoms with Crippen molar-refractivity contribution in [3.8, 4) is 0 Å². The van der Waals surface area contributed by atoms with Crippen LogP contribution in [0.3, 0.4) is 0 Å². The number of nitrogens with one attached hydrogen (secondary N) is 2. The minimum atomic E-state index is -0.477. The van der Waals surface area contributed by atoms with Crippen LogP contribution in [0.5, 0.6) is 0 Å². The topological polar surface area (TPSA) is 82.9 Å². The van der Waals surface area contributed by atoms with Gasteiger partial charge in [0.2, 0.25) is 0 Å². The van der Waals surface area contributed by atoms with E-state index in [1.807, 2.05) is 25.7 Å². The predicted molar refractivity (Wildman–Crippen MR) is 117 cm³/mol. The molecule has 1 aliphatic heterocycles. The highest BCUT2D eigenvalue weighted by molar-refractivity contribution is 7.80. The average Bonchev–Trinajstić information content (AvgIpc) is 2.57. The summed E-state index contributed by atoms with van der Waals surface area (Å²) < 4.78 is 5.53. The van der Waals surface area contributed by atoms with E-state index in [1.165, 1.54) is 5.56 Å². The van der Waals surface area contributed by atoms with Crippen LogP contribution in [-0.2, 0) is 11.3 Å². The fraction of sp³-hybridized carbons (Fsp3) is 0.600. The number of hydrogen-bond donors (Lipinski definition) is 3. The van der Waals surface area contributed by atoms with E-state index in [9.17, 15) is 4.79 Å². The number of ether oxygens (including phenoxy) is 1. The van der Waals surface area contributed by atoms with Gasteiger partial charge in [-0.2, -0.15) is 0 Å². The SMILES string of the molecule is Cc1cc(CN2CCN(C(=O)OC(C)(C)C)[C@@H](C)C2)c(C)c(NC(=S)NN)c1. The number of rotatable bonds is 3. The Labute approximate surface area is 173 Å². The number of amides is 1. The number of carbonyl (C=O) groups excluding carboxylic acids is 1. The largest absolute Gasteiger partial charge is 0.444 e. The Morgan fingerprint density at radius 3 is 2.57 bits per heavy atom. The second-order valence-corrected chi connectivity index (χ2v) is 8.86. The summed E-state index contributed by atoms with van der Waals surface area (Å²) in [5.41, 5.74) is 6.47. The molecule has 156 valence electrons. The molecular formula is C20H33N5O2S. The number of carbonyl (C=O) groups is 1. The molecule has 0 aliphatic carbocycles. The van der Waals surface area contributed by atoms with Crippen LogP contribution in [0, 0.1) is 13.8 Å². The number of hydrogen-bond acceptors (Lipinski definition) is 5. The van der Waals surface area contributed by atoms with Gasteiger partial charge in [0.1, 0.15) is 5.60 Å². The fourth-order valence-electron chi connectivity index (χ4n) is 3.40. The third-order valence-electron chi connectivity index (χ3n) is 4.77. The summed E-state index contributed by atoms with van der Waals surface area (Å²) in [5.74, 6) is 5.38. The van der Waals surface area contributed by atoms with Crippen molar-refractivity contribution in [3.05, 3.63) is 28.8 Å². The molecule has 8 heteroatoms. The van der Waals surface area contributed by atoms with Crippen LogP contribution in [0.2, 0.25) is 0 Å². The fourth-order valence-corrected chi connectivity index (χ4v) is 3.51. The smallest absolute Gasteiger partial charge is 0.410 e. The third-order valence-corrected chi connectivity index (χ3v) is 4.99. The normalized spacial score (nSPS) is 18.0. The molecule has 1 aromatic carbocycles. The van der Waals surface area contributed by atoms with Crippen molar-refractivity contribution in [2.24, 2.45) is 5.84 Å². The molecule has 1 heterocycles. The van der Waals surface area contributed by atoms with Gasteiger partial charge in [-0.15, -0.1) is 0 Å². The lowest BCUT2D eigenvalue weighted by Gasteiger charge is -2.40. The van der Waals surface area contributed by atoms with Crippen molar-refractivity contribution in [1.82, 2.24) is 15.2 Å². The first-order valence-electron chi connectivity index (χ1n) is 9.60. The van der Waals surface area contributed by atoms with E-state index in [1.54, 1.807) is 0 Å². The molecule has 1 saturated heterocycles. The summed E-state index contributed by atoms with van der Waals surface area (Å²) >= 11 is 5.13. The summed E-state index contributed by atoms with van der Waals surface area (Å²) in [6.07, 6.45) is -0.235. The molecule has 0 aromatic heterocycles. The molecular weight excluding hydrogens is 374 g/mol. The first-order valence-corrected chi connectivity index (χ1v) is 10.0. The highest BCUT2D eigenvalue weighted by atomic mass is 32.1. The van der Waals surface area contributed by atoms with Gasteiger partial charge in [-0.3, -0.25) is 4.90 Å². The first-order chi connectivity index (χ1) is 13.0. The van der Waals surface area contributed by atoms with E-state index in [0.717, 1.165) is 36.4 Å². The molecule has 0 saturated carbocycles. The molecule has 1 aliphatic rings. The number of hydrazine groups is 1. The summed E-state index contributed by atoms with van der Waals surface area (Å²) in [6.45, 7) is 15.0. The number of benzene rings is 1. The van der Waals surface area contributed by atoms with E-state index in [2.05, 4.69) is 48.5 Å². The first kappa shape index (κ1) is 22.4. The molecule has 1 atom stereocenters. The summed E-state index contributed by atoms with van der Waals surface area (Å²) in [7, 11) is 0. The van der Waals surface area contributed by atoms with Crippen molar-refractivity contribution in [2.45, 2.75) is 59.7 Å². The molecule has 7 nitrogen and oxygen atoms in total. The zero-order valence-electron chi connectivity index (χ0n) is 17.8. The molecule has 28 heavy (non-hydrogen) atoms. The average molecular weight is 408 g/mol. The quantitative estimate of drug-likeness (QED) is 0.404. The van der Waals surface area contributed by atoms with Gasteiger partial charge in [-0.1, -0.05) is 6.07 Å². The van der Waals surface area contributed by atoms with Gasteiger partial charge < -0.3 is 20.4 Å². The van der Waals surface area contributed by atoms with Crippen molar-refractivity contribution in [2.75, 3.05) is 25.0 Å². The summed E-state index contributed by atoms with van der Waals surface area (Å²) in [5, 5.41) is 3.53. The van der Waals surface area contributed by atoms with Crippen molar-refractivity contribution in [3.63, 3.8) is 0 Å².